The molecule has 2 aliphatic carbocycles. The number of aromatic nitrogens is 2. The normalized spacial score (nSPS) is 35.2. The maximum atomic E-state index is 7.07. The average molecular weight is 384 g/mol. The highest BCUT2D eigenvalue weighted by molar-refractivity contribution is 6.13. The minimum atomic E-state index is -0.444. The molecule has 5 aliphatic rings. The fourth-order valence-electron chi connectivity index (χ4n) is 6.79. The molecular formula is C24H24N4O. The first-order valence-electron chi connectivity index (χ1n) is 10.9. The average Bonchev–Trinajstić information content (AvgIpc) is 2.88. The first kappa shape index (κ1) is 16.3. The number of fused-ring (bicyclic) bond motifs is 6. The lowest BCUT2D eigenvalue weighted by Gasteiger charge is -2.46. The molecule has 0 amide bonds. The first-order valence-corrected chi connectivity index (χ1v) is 10.9. The third-order valence-corrected chi connectivity index (χ3v) is 8.00. The summed E-state index contributed by atoms with van der Waals surface area (Å²) in [6, 6.07) is 8.72. The van der Waals surface area contributed by atoms with E-state index in [-0.39, 0.29) is 0 Å². The highest BCUT2D eigenvalue weighted by Gasteiger charge is 2.56. The monoisotopic (exact) mass is 384 g/mol. The molecule has 2 saturated heterocycles. The lowest BCUT2D eigenvalue weighted by molar-refractivity contribution is -0.0614. The van der Waals surface area contributed by atoms with Crippen molar-refractivity contribution in [1.29, 1.82) is 0 Å². The van der Waals surface area contributed by atoms with Gasteiger partial charge in [0.25, 0.3) is 0 Å². The van der Waals surface area contributed by atoms with Gasteiger partial charge in [0.15, 0.2) is 5.75 Å². The number of hydrogen-bond acceptors (Lipinski definition) is 5. The predicted octanol–water partition coefficient (Wildman–Crippen LogP) is 4.71. The van der Waals surface area contributed by atoms with Gasteiger partial charge in [-0.25, -0.2) is 0 Å². The van der Waals surface area contributed by atoms with Gasteiger partial charge in [-0.2, -0.15) is 0 Å². The first-order chi connectivity index (χ1) is 14.2. The largest absolute Gasteiger partial charge is 0.464 e. The van der Waals surface area contributed by atoms with E-state index in [9.17, 15) is 0 Å². The fraction of sp³-hybridized carbons (Fsp3) is 0.458. The highest BCUT2D eigenvalue weighted by atomic mass is 16.5. The third-order valence-electron chi connectivity index (χ3n) is 8.00. The van der Waals surface area contributed by atoms with E-state index in [1.54, 1.807) is 0 Å². The summed E-state index contributed by atoms with van der Waals surface area (Å²) in [6.45, 7) is 0. The van der Waals surface area contributed by atoms with Crippen LogP contribution in [-0.2, 0) is 0 Å². The Hall–Kier alpha value is -2.53. The van der Waals surface area contributed by atoms with Gasteiger partial charge in [-0.15, -0.1) is 0 Å². The molecule has 1 spiro atoms. The Kier molecular flexibility index (Phi) is 3.11. The maximum absolute atomic E-state index is 7.07. The van der Waals surface area contributed by atoms with Crippen LogP contribution in [0.2, 0.25) is 0 Å². The van der Waals surface area contributed by atoms with Crippen molar-refractivity contribution >= 4 is 33.7 Å². The molecule has 0 N–H and O–H groups in total. The molecule has 146 valence electrons. The molecule has 5 nitrogen and oxygen atoms in total. The number of benzene rings is 1. The van der Waals surface area contributed by atoms with Crippen molar-refractivity contribution in [3.63, 3.8) is 0 Å². The summed E-state index contributed by atoms with van der Waals surface area (Å²) in [7, 11) is 2.26. The number of aliphatic imine (C=N–C) groups is 1. The molecule has 1 aromatic carbocycles. The van der Waals surface area contributed by atoms with Crippen LogP contribution in [0.25, 0.3) is 21.8 Å². The highest BCUT2D eigenvalue weighted by Crippen LogP contribution is 2.56. The Balaban J connectivity index is 1.49. The van der Waals surface area contributed by atoms with Gasteiger partial charge in [-0.1, -0.05) is 0 Å². The molecule has 5 heterocycles. The van der Waals surface area contributed by atoms with Crippen LogP contribution in [0.4, 0.5) is 5.69 Å². The Morgan fingerprint density at radius 1 is 0.931 bits per heavy atom. The van der Waals surface area contributed by atoms with E-state index in [0.29, 0.717) is 12.0 Å². The number of hydrogen-bond donors (Lipinski definition) is 0. The predicted molar refractivity (Wildman–Crippen MR) is 114 cm³/mol. The van der Waals surface area contributed by atoms with Crippen LogP contribution in [0.5, 0.6) is 5.75 Å². The molecule has 2 saturated carbocycles. The molecule has 3 unspecified atom stereocenters. The van der Waals surface area contributed by atoms with Crippen LogP contribution >= 0.6 is 0 Å². The minimum absolute atomic E-state index is 0.444. The molecule has 3 aliphatic heterocycles. The van der Waals surface area contributed by atoms with Gasteiger partial charge in [0.05, 0.1) is 11.7 Å². The number of pyridine rings is 2. The van der Waals surface area contributed by atoms with Gasteiger partial charge in [0, 0.05) is 35.1 Å². The van der Waals surface area contributed by atoms with Gasteiger partial charge in [0.2, 0.25) is 5.72 Å². The zero-order chi connectivity index (χ0) is 19.2. The molecule has 4 fully saturated rings. The quantitative estimate of drug-likeness (QED) is 0.527. The number of rotatable bonds is 0. The van der Waals surface area contributed by atoms with E-state index in [1.165, 1.54) is 32.1 Å². The van der Waals surface area contributed by atoms with Gasteiger partial charge in [-0.3, -0.25) is 19.9 Å². The maximum Gasteiger partial charge on any atom is 0.202 e. The van der Waals surface area contributed by atoms with E-state index in [2.05, 4.69) is 40.3 Å². The second kappa shape index (κ2) is 5.54. The van der Waals surface area contributed by atoms with Crippen LogP contribution in [-0.4, -0.2) is 39.9 Å². The van der Waals surface area contributed by atoms with Crippen LogP contribution < -0.4 is 4.74 Å². The Morgan fingerprint density at radius 2 is 1.62 bits per heavy atom. The van der Waals surface area contributed by atoms with Gasteiger partial charge in [0.1, 0.15) is 11.2 Å². The summed E-state index contributed by atoms with van der Waals surface area (Å²) in [4.78, 5) is 16.9. The van der Waals surface area contributed by atoms with E-state index in [1.807, 2.05) is 24.5 Å². The Bertz CT molecular complexity index is 1180. The second-order valence-electron chi connectivity index (χ2n) is 9.46. The minimum Gasteiger partial charge on any atom is -0.464 e. The van der Waals surface area contributed by atoms with E-state index >= 15 is 0 Å². The third kappa shape index (κ3) is 2.06. The number of nitrogens with zero attached hydrogens (tertiary/aromatic N) is 4. The van der Waals surface area contributed by atoms with Crippen molar-refractivity contribution in [2.75, 3.05) is 7.05 Å². The summed E-state index contributed by atoms with van der Waals surface area (Å²) in [5.41, 5.74) is 2.25. The van der Waals surface area contributed by atoms with Crippen LogP contribution in [0.3, 0.4) is 0 Å². The Morgan fingerprint density at radius 3 is 2.38 bits per heavy atom. The standard InChI is InChI=1S/C24H24N4O/c1-28-17-11-14-8-15(12-17)10-16(9-14)24(28)13-27-22-18-4-2-6-25-20(18)21-19(23(22)29-24)5-3-7-26-21/h2-7,13-17H,8-12H2,1H3. The molecular weight excluding hydrogens is 360 g/mol. The molecule has 0 radical (unpaired) electrons. The summed E-state index contributed by atoms with van der Waals surface area (Å²) >= 11 is 0. The van der Waals surface area contributed by atoms with Crippen molar-refractivity contribution in [3.05, 3.63) is 36.7 Å². The van der Waals surface area contributed by atoms with Crippen LogP contribution in [0.1, 0.15) is 32.1 Å². The summed E-state index contributed by atoms with van der Waals surface area (Å²) in [5, 5.41) is 2.03. The molecule has 3 aromatic rings. The van der Waals surface area contributed by atoms with Crippen molar-refractivity contribution in [2.24, 2.45) is 22.7 Å². The molecule has 29 heavy (non-hydrogen) atoms. The molecule has 4 bridgehead atoms. The molecule has 8 rings (SSSR count). The van der Waals surface area contributed by atoms with Gasteiger partial charge >= 0.3 is 0 Å². The molecule has 5 heteroatoms. The lowest BCUT2D eigenvalue weighted by atomic mass is 9.67. The summed E-state index contributed by atoms with van der Waals surface area (Å²) < 4.78 is 7.07. The number of ether oxygens (including phenoxy) is 1. The zero-order valence-electron chi connectivity index (χ0n) is 16.6. The second-order valence-corrected chi connectivity index (χ2v) is 9.46. The van der Waals surface area contributed by atoms with Gasteiger partial charge in [-0.05, 0) is 75.3 Å². The molecule has 3 atom stereocenters. The molecule has 2 aromatic heterocycles. The van der Waals surface area contributed by atoms with Crippen molar-refractivity contribution in [3.8, 4) is 5.75 Å². The van der Waals surface area contributed by atoms with E-state index in [4.69, 9.17) is 9.73 Å². The van der Waals surface area contributed by atoms with Crippen LogP contribution in [0.15, 0.2) is 41.7 Å². The summed E-state index contributed by atoms with van der Waals surface area (Å²) in [5.74, 6) is 3.06. The van der Waals surface area contributed by atoms with Crippen LogP contribution in [0, 0.1) is 17.8 Å². The zero-order valence-corrected chi connectivity index (χ0v) is 16.6. The fourth-order valence-corrected chi connectivity index (χ4v) is 6.79. The van der Waals surface area contributed by atoms with E-state index < -0.39 is 5.72 Å². The smallest absolute Gasteiger partial charge is 0.202 e. The van der Waals surface area contributed by atoms with Gasteiger partial charge < -0.3 is 4.74 Å². The van der Waals surface area contributed by atoms with Crippen molar-refractivity contribution in [2.45, 2.75) is 43.9 Å². The van der Waals surface area contributed by atoms with Crippen molar-refractivity contribution < 1.29 is 4.74 Å². The topological polar surface area (TPSA) is 50.6 Å². The SMILES string of the molecule is CN1C2CC3CC(C2)CC(C3)C12C=Nc1c(c3cccnc3c3ncccc13)O2. The van der Waals surface area contributed by atoms with Crippen molar-refractivity contribution in [1.82, 2.24) is 14.9 Å². The summed E-state index contributed by atoms with van der Waals surface area (Å²) in [6.07, 6.45) is 12.3. The van der Waals surface area contributed by atoms with E-state index in [0.717, 1.165) is 45.1 Å². The Labute approximate surface area is 169 Å². The lowest BCUT2D eigenvalue weighted by Crippen LogP contribution is -2.59.